The van der Waals surface area contributed by atoms with Gasteiger partial charge in [-0.25, -0.2) is 0 Å². The zero-order valence-corrected chi connectivity index (χ0v) is 9.74. The smallest absolute Gasteiger partial charge is 0.222 e. The Morgan fingerprint density at radius 1 is 1.40 bits per heavy atom. The molecule has 0 radical (unpaired) electrons. The number of carbonyl (C=O) groups is 1. The maximum absolute atomic E-state index is 11.9. The molecule has 3 heteroatoms. The molecule has 0 spiro atoms. The van der Waals surface area contributed by atoms with Gasteiger partial charge in [0.05, 0.1) is 6.61 Å². The van der Waals surface area contributed by atoms with E-state index < -0.39 is 0 Å². The fourth-order valence-corrected chi connectivity index (χ4v) is 2.31. The van der Waals surface area contributed by atoms with Crippen molar-refractivity contribution < 1.29 is 9.90 Å². The first-order valence-corrected chi connectivity index (χ1v) is 6.20. The third kappa shape index (κ3) is 3.82. The minimum atomic E-state index is 0.0916. The lowest BCUT2D eigenvalue weighted by Gasteiger charge is -2.28. The topological polar surface area (TPSA) is 40.5 Å². The number of aliphatic hydroxyl groups is 1. The summed E-state index contributed by atoms with van der Waals surface area (Å²) in [4.78, 5) is 13.8. The average Bonchev–Trinajstić information content (AvgIpc) is 2.75. The number of hydrogen-bond acceptors (Lipinski definition) is 2. The minimum Gasteiger partial charge on any atom is -0.395 e. The molecule has 0 bridgehead atoms. The average molecular weight is 213 g/mol. The molecule has 0 heterocycles. The lowest BCUT2D eigenvalue weighted by Crippen LogP contribution is -2.40. The van der Waals surface area contributed by atoms with E-state index in [0.717, 1.165) is 25.7 Å². The summed E-state index contributed by atoms with van der Waals surface area (Å²) in [6.45, 7) is 2.71. The van der Waals surface area contributed by atoms with Crippen molar-refractivity contribution >= 4 is 5.91 Å². The van der Waals surface area contributed by atoms with Crippen molar-refractivity contribution in [2.45, 2.75) is 57.9 Å². The predicted octanol–water partition coefficient (Wildman–Crippen LogP) is 1.94. The van der Waals surface area contributed by atoms with Crippen LogP contribution in [0.4, 0.5) is 0 Å². The molecule has 0 aliphatic heterocycles. The van der Waals surface area contributed by atoms with E-state index in [1.165, 1.54) is 12.8 Å². The van der Waals surface area contributed by atoms with Gasteiger partial charge >= 0.3 is 0 Å². The number of nitrogens with zero attached hydrogens (tertiary/aromatic N) is 1. The molecule has 0 aromatic rings. The molecule has 1 aliphatic rings. The lowest BCUT2D eigenvalue weighted by atomic mass is 10.1. The van der Waals surface area contributed by atoms with Crippen LogP contribution in [0.15, 0.2) is 0 Å². The van der Waals surface area contributed by atoms with Crippen LogP contribution in [0.3, 0.4) is 0 Å². The van der Waals surface area contributed by atoms with Gasteiger partial charge in [0.1, 0.15) is 0 Å². The third-order valence-electron chi connectivity index (χ3n) is 3.17. The van der Waals surface area contributed by atoms with Gasteiger partial charge in [0.2, 0.25) is 5.91 Å². The Kier molecular flexibility index (Phi) is 5.69. The molecule has 0 saturated heterocycles. The van der Waals surface area contributed by atoms with Gasteiger partial charge in [-0.15, -0.1) is 0 Å². The van der Waals surface area contributed by atoms with Crippen molar-refractivity contribution in [3.63, 3.8) is 0 Å². The molecular formula is C12H23NO2. The number of unbranched alkanes of at least 4 members (excludes halogenated alkanes) is 1. The zero-order chi connectivity index (χ0) is 11.1. The highest BCUT2D eigenvalue weighted by Gasteiger charge is 2.25. The molecule has 15 heavy (non-hydrogen) atoms. The molecule has 0 aromatic carbocycles. The fourth-order valence-electron chi connectivity index (χ4n) is 2.31. The molecule has 0 atom stereocenters. The van der Waals surface area contributed by atoms with Gasteiger partial charge in [0.25, 0.3) is 0 Å². The highest BCUT2D eigenvalue weighted by atomic mass is 16.3. The Labute approximate surface area is 92.5 Å². The van der Waals surface area contributed by atoms with E-state index in [1.807, 2.05) is 4.90 Å². The van der Waals surface area contributed by atoms with Crippen LogP contribution < -0.4 is 0 Å². The second kappa shape index (κ2) is 6.83. The zero-order valence-electron chi connectivity index (χ0n) is 9.74. The second-order valence-corrected chi connectivity index (χ2v) is 4.35. The first-order chi connectivity index (χ1) is 7.29. The normalized spacial score (nSPS) is 16.9. The summed E-state index contributed by atoms with van der Waals surface area (Å²) in [5.74, 6) is 0.234. The molecule has 88 valence electrons. The number of hydrogen-bond donors (Lipinski definition) is 1. The third-order valence-corrected chi connectivity index (χ3v) is 3.17. The van der Waals surface area contributed by atoms with Crippen molar-refractivity contribution in [3.05, 3.63) is 0 Å². The van der Waals surface area contributed by atoms with Gasteiger partial charge < -0.3 is 10.0 Å². The maximum Gasteiger partial charge on any atom is 0.222 e. The summed E-state index contributed by atoms with van der Waals surface area (Å²) < 4.78 is 0. The SMILES string of the molecule is CCCCC(=O)N(CCO)C1CCCC1. The van der Waals surface area contributed by atoms with Crippen molar-refractivity contribution in [1.29, 1.82) is 0 Å². The number of amides is 1. The Hall–Kier alpha value is -0.570. The van der Waals surface area contributed by atoms with E-state index in [4.69, 9.17) is 5.11 Å². The summed E-state index contributed by atoms with van der Waals surface area (Å²) in [5.41, 5.74) is 0. The van der Waals surface area contributed by atoms with Gasteiger partial charge in [0, 0.05) is 19.0 Å². The number of rotatable bonds is 6. The van der Waals surface area contributed by atoms with Gasteiger partial charge in [-0.2, -0.15) is 0 Å². The molecule has 1 fully saturated rings. The van der Waals surface area contributed by atoms with Crippen LogP contribution in [-0.4, -0.2) is 35.1 Å². The van der Waals surface area contributed by atoms with Gasteiger partial charge in [-0.05, 0) is 19.3 Å². The predicted molar refractivity (Wildman–Crippen MR) is 60.6 cm³/mol. The van der Waals surface area contributed by atoms with Crippen LogP contribution in [-0.2, 0) is 4.79 Å². The van der Waals surface area contributed by atoms with Gasteiger partial charge in [-0.3, -0.25) is 4.79 Å². The number of carbonyl (C=O) groups excluding carboxylic acids is 1. The highest BCUT2D eigenvalue weighted by molar-refractivity contribution is 5.76. The summed E-state index contributed by atoms with van der Waals surface area (Å²) in [6.07, 6.45) is 7.38. The van der Waals surface area contributed by atoms with E-state index in [9.17, 15) is 4.79 Å². The standard InChI is InChI=1S/C12H23NO2/c1-2-3-8-12(15)13(9-10-14)11-6-4-5-7-11/h11,14H,2-10H2,1H3. The van der Waals surface area contributed by atoms with Crippen LogP contribution in [0.2, 0.25) is 0 Å². The van der Waals surface area contributed by atoms with E-state index in [1.54, 1.807) is 0 Å². The van der Waals surface area contributed by atoms with Gasteiger partial charge in [0.15, 0.2) is 0 Å². The quantitative estimate of drug-likeness (QED) is 0.732. The Morgan fingerprint density at radius 3 is 2.60 bits per heavy atom. The van der Waals surface area contributed by atoms with Crippen molar-refractivity contribution in [3.8, 4) is 0 Å². The lowest BCUT2D eigenvalue weighted by molar-refractivity contribution is -0.134. The summed E-state index contributed by atoms with van der Waals surface area (Å²) in [7, 11) is 0. The Bertz CT molecular complexity index is 188. The molecule has 1 amide bonds. The first-order valence-electron chi connectivity index (χ1n) is 6.20. The van der Waals surface area contributed by atoms with Crippen LogP contribution in [0.25, 0.3) is 0 Å². The van der Waals surface area contributed by atoms with Crippen LogP contribution in [0.1, 0.15) is 51.9 Å². The molecule has 1 rings (SSSR count). The van der Waals surface area contributed by atoms with E-state index in [-0.39, 0.29) is 12.5 Å². The maximum atomic E-state index is 11.9. The largest absolute Gasteiger partial charge is 0.395 e. The fraction of sp³-hybridized carbons (Fsp3) is 0.917. The monoisotopic (exact) mass is 213 g/mol. The minimum absolute atomic E-state index is 0.0916. The van der Waals surface area contributed by atoms with E-state index in [2.05, 4.69) is 6.92 Å². The Morgan fingerprint density at radius 2 is 2.07 bits per heavy atom. The summed E-state index contributed by atoms with van der Waals surface area (Å²) >= 11 is 0. The van der Waals surface area contributed by atoms with E-state index in [0.29, 0.717) is 19.0 Å². The highest BCUT2D eigenvalue weighted by Crippen LogP contribution is 2.24. The number of aliphatic hydroxyl groups excluding tert-OH is 1. The molecule has 0 aromatic heterocycles. The molecule has 1 saturated carbocycles. The molecule has 0 unspecified atom stereocenters. The van der Waals surface area contributed by atoms with Crippen LogP contribution >= 0.6 is 0 Å². The van der Waals surface area contributed by atoms with Crippen LogP contribution in [0, 0.1) is 0 Å². The molecule has 3 nitrogen and oxygen atoms in total. The van der Waals surface area contributed by atoms with Crippen molar-refractivity contribution in [2.75, 3.05) is 13.2 Å². The molecule has 1 N–H and O–H groups in total. The summed E-state index contributed by atoms with van der Waals surface area (Å²) in [5, 5.41) is 8.98. The Balaban J connectivity index is 2.43. The second-order valence-electron chi connectivity index (χ2n) is 4.35. The van der Waals surface area contributed by atoms with Crippen molar-refractivity contribution in [2.24, 2.45) is 0 Å². The van der Waals surface area contributed by atoms with Crippen molar-refractivity contribution in [1.82, 2.24) is 4.90 Å². The molecule has 1 aliphatic carbocycles. The van der Waals surface area contributed by atoms with Crippen LogP contribution in [0.5, 0.6) is 0 Å². The molecular weight excluding hydrogens is 190 g/mol. The van der Waals surface area contributed by atoms with E-state index >= 15 is 0 Å². The van der Waals surface area contributed by atoms with Gasteiger partial charge in [-0.1, -0.05) is 26.2 Å². The summed E-state index contributed by atoms with van der Waals surface area (Å²) in [6, 6.07) is 0.404. The first kappa shape index (κ1) is 12.5.